The van der Waals surface area contributed by atoms with Gasteiger partial charge in [0.2, 0.25) is 0 Å². The summed E-state index contributed by atoms with van der Waals surface area (Å²) in [5.41, 5.74) is 3.85. The molecule has 0 radical (unpaired) electrons. The Morgan fingerprint density at radius 1 is 1.08 bits per heavy atom. The number of aromatic nitrogens is 1. The van der Waals surface area contributed by atoms with Crippen molar-refractivity contribution in [2.24, 2.45) is 4.99 Å². The highest BCUT2D eigenvalue weighted by Gasteiger charge is 2.30. The molecule has 0 saturated heterocycles. The van der Waals surface area contributed by atoms with Crippen LogP contribution in [0.15, 0.2) is 86.1 Å². The van der Waals surface area contributed by atoms with E-state index in [0.717, 1.165) is 26.1 Å². The molecule has 3 heterocycles. The maximum atomic E-state index is 13.7. The molecule has 1 aliphatic rings. The summed E-state index contributed by atoms with van der Waals surface area (Å²) in [6.45, 7) is 3.36. The minimum absolute atomic E-state index is 0.0968. The number of nitrogens with zero attached hydrogens (tertiary/aromatic N) is 3. The van der Waals surface area contributed by atoms with Crippen molar-refractivity contribution in [2.75, 3.05) is 19.0 Å². The van der Waals surface area contributed by atoms with Crippen LogP contribution in [0.4, 0.5) is 5.69 Å². The molecule has 0 amide bonds. The molecule has 6 nitrogen and oxygen atoms in total. The molecule has 0 aliphatic carbocycles. The second-order valence-electron chi connectivity index (χ2n) is 8.83. The molecular weight excluding hydrogens is 585 g/mol. The third kappa shape index (κ3) is 4.51. The minimum Gasteiger partial charge on any atom is -0.457 e. The number of ketones is 1. The van der Waals surface area contributed by atoms with E-state index in [1.165, 1.54) is 18.3 Å². The fraction of sp³-hybridized carbons (Fsp3) is 0.179. The predicted octanol–water partition coefficient (Wildman–Crippen LogP) is 4.75. The van der Waals surface area contributed by atoms with Gasteiger partial charge in [-0.2, -0.15) is 0 Å². The van der Waals surface area contributed by atoms with Gasteiger partial charge in [-0.05, 0) is 78.4 Å². The van der Waals surface area contributed by atoms with E-state index in [-0.39, 0.29) is 11.3 Å². The Morgan fingerprint density at radius 3 is 2.42 bits per heavy atom. The zero-order valence-corrected chi connectivity index (χ0v) is 23.3. The van der Waals surface area contributed by atoms with Gasteiger partial charge in [-0.15, -0.1) is 0 Å². The van der Waals surface area contributed by atoms with Crippen molar-refractivity contribution < 1.29 is 9.21 Å². The van der Waals surface area contributed by atoms with E-state index in [9.17, 15) is 9.59 Å². The second kappa shape index (κ2) is 9.67. The van der Waals surface area contributed by atoms with Crippen LogP contribution in [0.3, 0.4) is 0 Å². The number of hydrogen-bond donors (Lipinski definition) is 0. The molecule has 36 heavy (non-hydrogen) atoms. The van der Waals surface area contributed by atoms with Gasteiger partial charge < -0.3 is 9.32 Å². The van der Waals surface area contributed by atoms with Crippen LogP contribution in [0, 0.1) is 3.57 Å². The van der Waals surface area contributed by atoms with Crippen LogP contribution >= 0.6 is 33.9 Å². The molecule has 1 atom stereocenters. The van der Waals surface area contributed by atoms with Gasteiger partial charge in [0.25, 0.3) is 5.56 Å². The molecule has 8 heteroatoms. The Hall–Kier alpha value is -3.24. The zero-order chi connectivity index (χ0) is 25.6. The lowest BCUT2D eigenvalue weighted by Crippen LogP contribution is -2.39. The number of carbonyl (C=O) groups is 1. The van der Waals surface area contributed by atoms with Crippen LogP contribution in [0.5, 0.6) is 0 Å². The molecule has 2 aromatic carbocycles. The molecule has 0 saturated carbocycles. The number of furan rings is 1. The van der Waals surface area contributed by atoms with Crippen molar-refractivity contribution in [3.63, 3.8) is 0 Å². The summed E-state index contributed by atoms with van der Waals surface area (Å²) in [5.74, 6) is 1.22. The number of anilines is 1. The summed E-state index contributed by atoms with van der Waals surface area (Å²) in [5, 5.41) is 0. The van der Waals surface area contributed by atoms with Crippen molar-refractivity contribution in [2.45, 2.75) is 19.9 Å². The summed E-state index contributed by atoms with van der Waals surface area (Å²) in [6, 6.07) is 19.2. The number of fused-ring (bicyclic) bond motifs is 1. The Balaban J connectivity index is 1.62. The van der Waals surface area contributed by atoms with Crippen LogP contribution in [0.2, 0.25) is 0 Å². The molecule has 0 unspecified atom stereocenters. The van der Waals surface area contributed by atoms with E-state index in [1.54, 1.807) is 10.6 Å². The van der Waals surface area contributed by atoms with E-state index < -0.39 is 6.04 Å². The molecule has 0 N–H and O–H groups in total. The van der Waals surface area contributed by atoms with Crippen LogP contribution in [0.25, 0.3) is 17.4 Å². The Bertz CT molecular complexity index is 1670. The summed E-state index contributed by atoms with van der Waals surface area (Å²) in [6.07, 6.45) is 1.75. The summed E-state index contributed by atoms with van der Waals surface area (Å²) in [7, 11) is 3.95. The smallest absolute Gasteiger partial charge is 0.271 e. The maximum absolute atomic E-state index is 13.7. The first-order valence-corrected chi connectivity index (χ1v) is 13.3. The fourth-order valence-corrected chi connectivity index (χ4v) is 5.76. The van der Waals surface area contributed by atoms with Crippen molar-refractivity contribution in [1.82, 2.24) is 4.57 Å². The summed E-state index contributed by atoms with van der Waals surface area (Å²) in [4.78, 5) is 33.6. The van der Waals surface area contributed by atoms with Gasteiger partial charge in [0.05, 0.1) is 10.6 Å². The van der Waals surface area contributed by atoms with E-state index in [4.69, 9.17) is 4.42 Å². The number of halogens is 1. The Kier molecular flexibility index (Phi) is 6.57. The lowest BCUT2D eigenvalue weighted by atomic mass is 9.93. The van der Waals surface area contributed by atoms with Gasteiger partial charge in [0.15, 0.2) is 10.6 Å². The molecule has 0 bridgehead atoms. The maximum Gasteiger partial charge on any atom is 0.271 e. The third-order valence-corrected chi connectivity index (χ3v) is 7.86. The minimum atomic E-state index is -0.531. The highest BCUT2D eigenvalue weighted by Crippen LogP contribution is 2.31. The molecule has 4 aromatic rings. The molecular formula is C28H24IN3O3S. The molecule has 2 aromatic heterocycles. The van der Waals surface area contributed by atoms with Crippen LogP contribution in [-0.2, 0) is 4.79 Å². The topological polar surface area (TPSA) is 67.8 Å². The standard InChI is InChI=1S/C28H24IN3O3S/c1-16-25(17(2)33)26(19-7-11-21(12-8-19)31(3)4)32-27(34)24(36-28(32)30-16)15-22-13-14-23(35-22)18-5-9-20(29)10-6-18/h5-15,26H,1-4H3/b24-15+/t26-/m0/s1. The quantitative estimate of drug-likeness (QED) is 0.307. The van der Waals surface area contributed by atoms with Gasteiger partial charge in [-0.3, -0.25) is 14.2 Å². The lowest BCUT2D eigenvalue weighted by molar-refractivity contribution is -0.114. The third-order valence-electron chi connectivity index (χ3n) is 6.16. The van der Waals surface area contributed by atoms with Gasteiger partial charge in [-0.1, -0.05) is 35.6 Å². The first-order valence-electron chi connectivity index (χ1n) is 11.4. The Morgan fingerprint density at radius 2 is 1.78 bits per heavy atom. The lowest BCUT2D eigenvalue weighted by Gasteiger charge is -2.25. The van der Waals surface area contributed by atoms with Crippen molar-refractivity contribution in [3.05, 3.63) is 107 Å². The number of allylic oxidation sites excluding steroid dienone is 2. The Labute approximate surface area is 226 Å². The van der Waals surface area contributed by atoms with Gasteiger partial charge in [-0.25, -0.2) is 4.99 Å². The van der Waals surface area contributed by atoms with Crippen molar-refractivity contribution in [1.29, 1.82) is 0 Å². The van der Waals surface area contributed by atoms with Crippen LogP contribution in [-0.4, -0.2) is 24.4 Å². The first kappa shape index (κ1) is 24.5. The molecule has 182 valence electrons. The average Bonchev–Trinajstić information content (AvgIpc) is 3.43. The second-order valence-corrected chi connectivity index (χ2v) is 11.1. The number of Topliss-reactive ketones (excluding diaryl/α,β-unsaturated/α-hetero) is 1. The van der Waals surface area contributed by atoms with Gasteiger partial charge in [0, 0.05) is 46.3 Å². The average molecular weight is 609 g/mol. The fourth-order valence-electron chi connectivity index (χ4n) is 4.37. The monoisotopic (exact) mass is 609 g/mol. The van der Waals surface area contributed by atoms with Crippen LogP contribution in [0.1, 0.15) is 31.2 Å². The van der Waals surface area contributed by atoms with Crippen LogP contribution < -0.4 is 19.8 Å². The van der Waals surface area contributed by atoms with E-state index >= 15 is 0 Å². The molecule has 0 fully saturated rings. The van der Waals surface area contributed by atoms with Crippen molar-refractivity contribution in [3.8, 4) is 11.3 Å². The molecule has 0 spiro atoms. The van der Waals surface area contributed by atoms with Gasteiger partial charge >= 0.3 is 0 Å². The number of carbonyl (C=O) groups excluding carboxylic acids is 1. The van der Waals surface area contributed by atoms with E-state index in [0.29, 0.717) is 26.4 Å². The number of hydrogen-bond acceptors (Lipinski definition) is 6. The normalized spacial score (nSPS) is 15.6. The number of rotatable bonds is 5. The summed E-state index contributed by atoms with van der Waals surface area (Å²) >= 11 is 3.57. The number of benzene rings is 2. The van der Waals surface area contributed by atoms with Crippen molar-refractivity contribution >= 4 is 51.5 Å². The SMILES string of the molecule is CC(=O)C1=C(C)N=c2s/c(=C/c3ccc(-c4ccc(I)cc4)o3)c(=O)n2[C@H]1c1ccc(N(C)C)cc1. The predicted molar refractivity (Wildman–Crippen MR) is 152 cm³/mol. The van der Waals surface area contributed by atoms with Gasteiger partial charge in [0.1, 0.15) is 11.5 Å². The summed E-state index contributed by atoms with van der Waals surface area (Å²) < 4.78 is 9.31. The highest BCUT2D eigenvalue weighted by atomic mass is 127. The van der Waals surface area contributed by atoms with E-state index in [2.05, 4.69) is 27.6 Å². The first-order chi connectivity index (χ1) is 17.2. The zero-order valence-electron chi connectivity index (χ0n) is 20.3. The highest BCUT2D eigenvalue weighted by molar-refractivity contribution is 14.1. The largest absolute Gasteiger partial charge is 0.457 e. The molecule has 1 aliphatic heterocycles. The molecule has 5 rings (SSSR count). The number of thiazole rings is 1. The van der Waals surface area contributed by atoms with E-state index in [1.807, 2.05) is 86.6 Å².